The number of nitrogens with zero attached hydrogens (tertiary/aromatic N) is 1. The van der Waals surface area contributed by atoms with E-state index in [0.717, 1.165) is 32.6 Å². The maximum Gasteiger partial charge on any atom is 0.259 e. The first-order valence-corrected chi connectivity index (χ1v) is 10.6. The summed E-state index contributed by atoms with van der Waals surface area (Å²) < 4.78 is 0. The van der Waals surface area contributed by atoms with Gasteiger partial charge in [0.2, 0.25) is 11.8 Å². The lowest BCUT2D eigenvalue weighted by Crippen LogP contribution is -2.53. The van der Waals surface area contributed by atoms with Gasteiger partial charge in [0.1, 0.15) is 6.04 Å². The Labute approximate surface area is 184 Å². The number of anilines is 1. The molecule has 2 aliphatic rings. The SMILES string of the molecule is O=C1CCC(N2C(=O)c3ccc(CNCc4ccccc4Cl)c4cccc2c34)C(=O)N1. The minimum Gasteiger partial charge on any atom is -0.309 e. The Morgan fingerprint density at radius 2 is 1.77 bits per heavy atom. The van der Waals surface area contributed by atoms with E-state index in [4.69, 9.17) is 11.6 Å². The number of piperidine rings is 1. The molecule has 6 nitrogen and oxygen atoms in total. The highest BCUT2D eigenvalue weighted by atomic mass is 35.5. The summed E-state index contributed by atoms with van der Waals surface area (Å²) in [5.74, 6) is -0.914. The van der Waals surface area contributed by atoms with E-state index in [1.54, 1.807) is 4.90 Å². The predicted molar refractivity (Wildman–Crippen MR) is 119 cm³/mol. The van der Waals surface area contributed by atoms with E-state index in [9.17, 15) is 14.4 Å². The standard InChI is InChI=1S/C24H20ClN3O3/c25-18-6-2-1-4-15(18)13-26-12-14-8-9-17-22-16(14)5-3-7-19(22)28(24(17)31)20-10-11-21(29)27-23(20)30/h1-9,20,26H,10-13H2,(H,27,29,30). The van der Waals surface area contributed by atoms with Crippen molar-refractivity contribution in [2.75, 3.05) is 4.90 Å². The van der Waals surface area contributed by atoms with Crippen molar-refractivity contribution in [1.29, 1.82) is 0 Å². The van der Waals surface area contributed by atoms with E-state index >= 15 is 0 Å². The first-order valence-electron chi connectivity index (χ1n) is 10.2. The topological polar surface area (TPSA) is 78.5 Å². The number of carbonyl (C=O) groups excluding carboxylic acids is 3. The Kier molecular flexibility index (Phi) is 4.96. The van der Waals surface area contributed by atoms with E-state index in [1.165, 1.54) is 0 Å². The van der Waals surface area contributed by atoms with E-state index in [1.807, 2.05) is 54.6 Å². The molecule has 0 spiro atoms. The van der Waals surface area contributed by atoms with Crippen molar-refractivity contribution in [3.8, 4) is 0 Å². The maximum absolute atomic E-state index is 13.2. The number of nitrogens with one attached hydrogen (secondary N) is 2. The minimum absolute atomic E-state index is 0.198. The minimum atomic E-state index is -0.676. The number of hydrogen-bond acceptors (Lipinski definition) is 4. The highest BCUT2D eigenvalue weighted by Crippen LogP contribution is 2.40. The van der Waals surface area contributed by atoms with Gasteiger partial charge in [-0.3, -0.25) is 24.6 Å². The van der Waals surface area contributed by atoms with Crippen LogP contribution in [-0.4, -0.2) is 23.8 Å². The average Bonchev–Trinajstić information content (AvgIpc) is 3.04. The van der Waals surface area contributed by atoms with Gasteiger partial charge in [0.25, 0.3) is 5.91 Å². The number of benzene rings is 3. The third kappa shape index (κ3) is 3.38. The van der Waals surface area contributed by atoms with Crippen LogP contribution in [0.4, 0.5) is 5.69 Å². The van der Waals surface area contributed by atoms with Crippen molar-refractivity contribution in [1.82, 2.24) is 10.6 Å². The van der Waals surface area contributed by atoms with Crippen LogP contribution in [0.15, 0.2) is 54.6 Å². The Balaban J connectivity index is 1.45. The molecule has 2 aliphatic heterocycles. The van der Waals surface area contributed by atoms with Crippen LogP contribution in [0.3, 0.4) is 0 Å². The summed E-state index contributed by atoms with van der Waals surface area (Å²) in [6.45, 7) is 1.24. The van der Waals surface area contributed by atoms with Crippen molar-refractivity contribution in [2.45, 2.75) is 32.0 Å². The number of hydrogen-bond donors (Lipinski definition) is 2. The van der Waals surface area contributed by atoms with Crippen molar-refractivity contribution in [2.24, 2.45) is 0 Å². The molecule has 0 aliphatic carbocycles. The molecule has 3 aromatic rings. The number of carbonyl (C=O) groups is 3. The van der Waals surface area contributed by atoms with Gasteiger partial charge >= 0.3 is 0 Å². The van der Waals surface area contributed by atoms with E-state index in [-0.39, 0.29) is 18.2 Å². The molecule has 156 valence electrons. The van der Waals surface area contributed by atoms with Gasteiger partial charge in [-0.1, -0.05) is 48.0 Å². The summed E-state index contributed by atoms with van der Waals surface area (Å²) in [6.07, 6.45) is 0.552. The van der Waals surface area contributed by atoms with E-state index in [0.29, 0.717) is 25.1 Å². The summed E-state index contributed by atoms with van der Waals surface area (Å²) in [4.78, 5) is 38.7. The number of imide groups is 1. The fourth-order valence-electron chi connectivity index (χ4n) is 4.43. The molecule has 3 aromatic carbocycles. The highest BCUT2D eigenvalue weighted by Gasteiger charge is 2.40. The number of rotatable bonds is 5. The average molecular weight is 434 g/mol. The fraction of sp³-hybridized carbons (Fsp3) is 0.208. The second kappa shape index (κ2) is 7.80. The molecule has 0 radical (unpaired) electrons. The normalized spacial score (nSPS) is 18.0. The number of halogens is 1. The molecule has 31 heavy (non-hydrogen) atoms. The monoisotopic (exact) mass is 433 g/mol. The molecule has 1 atom stereocenters. The van der Waals surface area contributed by atoms with Crippen molar-refractivity contribution in [3.05, 3.63) is 76.3 Å². The molecule has 0 bridgehead atoms. The quantitative estimate of drug-likeness (QED) is 0.603. The lowest BCUT2D eigenvalue weighted by Gasteiger charge is -2.30. The third-order valence-electron chi connectivity index (χ3n) is 5.93. The summed E-state index contributed by atoms with van der Waals surface area (Å²) in [7, 11) is 0. The van der Waals surface area contributed by atoms with Gasteiger partial charge in [-0.05, 0) is 41.1 Å². The Hall–Kier alpha value is -3.22. The van der Waals surface area contributed by atoms with Gasteiger partial charge in [0.15, 0.2) is 0 Å². The molecular weight excluding hydrogens is 414 g/mol. The van der Waals surface area contributed by atoms with E-state index in [2.05, 4.69) is 10.6 Å². The lowest BCUT2D eigenvalue weighted by molar-refractivity contribution is -0.134. The van der Waals surface area contributed by atoms with Crippen molar-refractivity contribution < 1.29 is 14.4 Å². The Bertz CT molecular complexity index is 1240. The second-order valence-corrected chi connectivity index (χ2v) is 8.22. The zero-order valence-corrected chi connectivity index (χ0v) is 17.4. The molecule has 2 heterocycles. The molecule has 0 saturated carbocycles. The molecule has 0 aromatic heterocycles. The molecule has 5 rings (SSSR count). The molecule has 3 amide bonds. The van der Waals surface area contributed by atoms with Crippen LogP contribution >= 0.6 is 11.6 Å². The summed E-state index contributed by atoms with van der Waals surface area (Å²) in [6, 6.07) is 16.6. The molecule has 7 heteroatoms. The Morgan fingerprint density at radius 1 is 0.968 bits per heavy atom. The first kappa shape index (κ1) is 19.7. The van der Waals surface area contributed by atoms with Gasteiger partial charge in [0.05, 0.1) is 5.69 Å². The van der Waals surface area contributed by atoms with Crippen LogP contribution in [0.2, 0.25) is 5.02 Å². The lowest BCUT2D eigenvalue weighted by atomic mass is 10.00. The van der Waals surface area contributed by atoms with Crippen LogP contribution in [0, 0.1) is 0 Å². The maximum atomic E-state index is 13.2. The molecule has 1 unspecified atom stereocenters. The van der Waals surface area contributed by atoms with Gasteiger partial charge in [-0.25, -0.2) is 0 Å². The van der Waals surface area contributed by atoms with Crippen LogP contribution in [0.5, 0.6) is 0 Å². The fourth-order valence-corrected chi connectivity index (χ4v) is 4.63. The molecular formula is C24H20ClN3O3. The molecule has 1 saturated heterocycles. The summed E-state index contributed by atoms with van der Waals surface area (Å²) in [5, 5.41) is 8.33. The van der Waals surface area contributed by atoms with Crippen LogP contribution in [-0.2, 0) is 22.7 Å². The van der Waals surface area contributed by atoms with Gasteiger partial charge < -0.3 is 5.32 Å². The molecule has 1 fully saturated rings. The van der Waals surface area contributed by atoms with Crippen LogP contribution in [0.1, 0.15) is 34.3 Å². The first-order chi connectivity index (χ1) is 15.0. The molecule has 2 N–H and O–H groups in total. The highest BCUT2D eigenvalue weighted by molar-refractivity contribution is 6.31. The third-order valence-corrected chi connectivity index (χ3v) is 6.30. The smallest absolute Gasteiger partial charge is 0.259 e. The number of amides is 3. The second-order valence-electron chi connectivity index (χ2n) is 7.81. The Morgan fingerprint density at radius 3 is 2.58 bits per heavy atom. The van der Waals surface area contributed by atoms with Crippen molar-refractivity contribution >= 4 is 45.8 Å². The van der Waals surface area contributed by atoms with Crippen LogP contribution < -0.4 is 15.5 Å². The van der Waals surface area contributed by atoms with Crippen LogP contribution in [0.25, 0.3) is 10.8 Å². The zero-order valence-electron chi connectivity index (χ0n) is 16.7. The van der Waals surface area contributed by atoms with Crippen molar-refractivity contribution in [3.63, 3.8) is 0 Å². The largest absolute Gasteiger partial charge is 0.309 e. The van der Waals surface area contributed by atoms with Gasteiger partial charge in [0, 0.05) is 35.5 Å². The summed E-state index contributed by atoms with van der Waals surface area (Å²) >= 11 is 6.24. The predicted octanol–water partition coefficient (Wildman–Crippen LogP) is 3.55. The van der Waals surface area contributed by atoms with Gasteiger partial charge in [-0.15, -0.1) is 0 Å². The van der Waals surface area contributed by atoms with Gasteiger partial charge in [-0.2, -0.15) is 0 Å². The van der Waals surface area contributed by atoms with E-state index < -0.39 is 11.9 Å². The zero-order chi connectivity index (χ0) is 21.5. The summed E-state index contributed by atoms with van der Waals surface area (Å²) in [5.41, 5.74) is 3.39.